The molecule has 8 heteroatoms. The van der Waals surface area contributed by atoms with Crippen molar-refractivity contribution < 1.29 is 18.3 Å². The highest BCUT2D eigenvalue weighted by Crippen LogP contribution is 2.27. The fourth-order valence-electron chi connectivity index (χ4n) is 1.92. The highest BCUT2D eigenvalue weighted by Gasteiger charge is 2.32. The summed E-state index contributed by atoms with van der Waals surface area (Å²) in [5, 5.41) is 9.41. The van der Waals surface area contributed by atoms with E-state index in [1.807, 2.05) is 0 Å². The summed E-state index contributed by atoms with van der Waals surface area (Å²) in [6, 6.07) is 6.64. The number of fused-ring (bicyclic) bond motifs is 1. The molecule has 0 radical (unpaired) electrons. The number of benzene rings is 1. The van der Waals surface area contributed by atoms with Crippen LogP contribution >= 0.6 is 0 Å². The van der Waals surface area contributed by atoms with Gasteiger partial charge in [-0.05, 0) is 12.1 Å². The molecule has 0 spiro atoms. The number of aliphatic hydroxyl groups is 1. The molecule has 0 amide bonds. The van der Waals surface area contributed by atoms with Crippen molar-refractivity contribution >= 4 is 22.7 Å². The predicted octanol–water partition coefficient (Wildman–Crippen LogP) is 1.57. The second-order valence-corrected chi connectivity index (χ2v) is 4.18. The lowest BCUT2D eigenvalue weighted by atomic mass is 10.2. The Kier molecular flexibility index (Phi) is 3.93. The highest BCUT2D eigenvalue weighted by molar-refractivity contribution is 5.90. The molecule has 5 nitrogen and oxygen atoms in total. The van der Waals surface area contributed by atoms with Crippen LogP contribution in [-0.4, -0.2) is 40.9 Å². The molecule has 2 aromatic rings. The Balaban J connectivity index is 2.52. The van der Waals surface area contributed by atoms with Gasteiger partial charge in [0.15, 0.2) is 0 Å². The van der Waals surface area contributed by atoms with E-state index in [-0.39, 0.29) is 18.3 Å². The van der Waals surface area contributed by atoms with Crippen molar-refractivity contribution in [2.75, 3.05) is 30.3 Å². The number of nitrogens with zero attached hydrogens (tertiary/aromatic N) is 3. The molecule has 1 aromatic heterocycles. The molecule has 0 bridgehead atoms. The van der Waals surface area contributed by atoms with Gasteiger partial charge in [0.1, 0.15) is 12.4 Å². The summed E-state index contributed by atoms with van der Waals surface area (Å²) in [4.78, 5) is 8.80. The lowest BCUT2D eigenvalue weighted by Gasteiger charge is -2.25. The molecule has 0 aliphatic heterocycles. The van der Waals surface area contributed by atoms with Crippen LogP contribution < -0.4 is 10.6 Å². The van der Waals surface area contributed by atoms with Crippen LogP contribution in [0.25, 0.3) is 10.9 Å². The molecule has 0 aliphatic carbocycles. The van der Waals surface area contributed by atoms with Crippen LogP contribution in [0.4, 0.5) is 24.9 Å². The Labute approximate surface area is 112 Å². The van der Waals surface area contributed by atoms with Gasteiger partial charge >= 0.3 is 6.18 Å². The van der Waals surface area contributed by atoms with Crippen LogP contribution in [0.1, 0.15) is 0 Å². The summed E-state index contributed by atoms with van der Waals surface area (Å²) in [6.07, 6.45) is -4.41. The molecule has 0 unspecified atom stereocenters. The number of para-hydroxylation sites is 1. The van der Waals surface area contributed by atoms with Crippen LogP contribution in [0.2, 0.25) is 0 Å². The molecule has 20 heavy (non-hydrogen) atoms. The van der Waals surface area contributed by atoms with E-state index in [4.69, 9.17) is 10.8 Å². The number of halogens is 3. The molecule has 0 aliphatic rings. The number of hydrogen-bond donors (Lipinski definition) is 2. The number of aliphatic hydroxyl groups excluding tert-OH is 1. The van der Waals surface area contributed by atoms with Gasteiger partial charge in [-0.25, -0.2) is 4.98 Å². The average Bonchev–Trinajstić information content (AvgIpc) is 2.35. The Hall–Kier alpha value is -2.09. The topological polar surface area (TPSA) is 75.3 Å². The lowest BCUT2D eigenvalue weighted by molar-refractivity contribution is -0.119. The molecule has 0 atom stereocenters. The van der Waals surface area contributed by atoms with Crippen LogP contribution in [-0.2, 0) is 0 Å². The van der Waals surface area contributed by atoms with Gasteiger partial charge in [0.25, 0.3) is 0 Å². The maximum absolute atomic E-state index is 12.6. The minimum atomic E-state index is -4.41. The Morgan fingerprint density at radius 3 is 2.55 bits per heavy atom. The van der Waals surface area contributed by atoms with Gasteiger partial charge in [-0.1, -0.05) is 12.1 Å². The summed E-state index contributed by atoms with van der Waals surface area (Å²) >= 11 is 0. The first-order valence-corrected chi connectivity index (χ1v) is 5.85. The molecule has 108 valence electrons. The fourth-order valence-corrected chi connectivity index (χ4v) is 1.92. The summed E-state index contributed by atoms with van der Waals surface area (Å²) in [5.74, 6) is -0.0386. The monoisotopic (exact) mass is 286 g/mol. The van der Waals surface area contributed by atoms with E-state index in [1.165, 1.54) is 0 Å². The summed E-state index contributed by atoms with van der Waals surface area (Å²) < 4.78 is 37.9. The van der Waals surface area contributed by atoms with E-state index in [0.717, 1.165) is 4.90 Å². The van der Waals surface area contributed by atoms with E-state index in [2.05, 4.69) is 9.97 Å². The molecule has 1 heterocycles. The second kappa shape index (κ2) is 5.49. The SMILES string of the molecule is Nc1nc(N(CCO)CC(F)(F)F)c2ccccc2n1. The summed E-state index contributed by atoms with van der Waals surface area (Å²) in [5.41, 5.74) is 5.99. The quantitative estimate of drug-likeness (QED) is 0.892. The third kappa shape index (κ3) is 3.27. The van der Waals surface area contributed by atoms with Crippen molar-refractivity contribution in [3.63, 3.8) is 0 Å². The minimum Gasteiger partial charge on any atom is -0.395 e. The zero-order valence-electron chi connectivity index (χ0n) is 10.4. The largest absolute Gasteiger partial charge is 0.405 e. The Morgan fingerprint density at radius 1 is 1.20 bits per heavy atom. The molecule has 0 saturated heterocycles. The van der Waals surface area contributed by atoms with Gasteiger partial charge in [-0.15, -0.1) is 0 Å². The average molecular weight is 286 g/mol. The zero-order valence-corrected chi connectivity index (χ0v) is 10.4. The number of nitrogens with two attached hydrogens (primary N) is 1. The molecular weight excluding hydrogens is 273 g/mol. The van der Waals surface area contributed by atoms with E-state index in [0.29, 0.717) is 10.9 Å². The van der Waals surface area contributed by atoms with Gasteiger partial charge in [-0.2, -0.15) is 18.2 Å². The van der Waals surface area contributed by atoms with E-state index in [1.54, 1.807) is 24.3 Å². The third-order valence-corrected chi connectivity index (χ3v) is 2.64. The molecule has 0 saturated carbocycles. The number of aromatic nitrogens is 2. The molecule has 2 rings (SSSR count). The van der Waals surface area contributed by atoms with Crippen LogP contribution in [0, 0.1) is 0 Å². The number of anilines is 2. The third-order valence-electron chi connectivity index (χ3n) is 2.64. The lowest BCUT2D eigenvalue weighted by Crippen LogP contribution is -2.37. The smallest absolute Gasteiger partial charge is 0.395 e. The number of nitrogen functional groups attached to an aromatic ring is 1. The minimum absolute atomic E-state index is 0.0690. The zero-order chi connectivity index (χ0) is 14.8. The normalized spacial score (nSPS) is 11.8. The van der Waals surface area contributed by atoms with Gasteiger partial charge in [0.05, 0.1) is 12.1 Å². The van der Waals surface area contributed by atoms with Gasteiger partial charge < -0.3 is 15.7 Å². The first kappa shape index (κ1) is 14.3. The number of alkyl halides is 3. The maximum Gasteiger partial charge on any atom is 0.405 e. The number of hydrogen-bond acceptors (Lipinski definition) is 5. The first-order chi connectivity index (χ1) is 9.40. The van der Waals surface area contributed by atoms with E-state index >= 15 is 0 Å². The summed E-state index contributed by atoms with van der Waals surface area (Å²) in [6.45, 7) is -1.83. The van der Waals surface area contributed by atoms with Crippen molar-refractivity contribution in [2.45, 2.75) is 6.18 Å². The van der Waals surface area contributed by atoms with Crippen LogP contribution in [0.3, 0.4) is 0 Å². The fraction of sp³-hybridized carbons (Fsp3) is 0.333. The molecule has 0 fully saturated rings. The van der Waals surface area contributed by atoms with Crippen LogP contribution in [0.15, 0.2) is 24.3 Å². The van der Waals surface area contributed by atoms with E-state index < -0.39 is 19.3 Å². The van der Waals surface area contributed by atoms with E-state index in [9.17, 15) is 13.2 Å². The van der Waals surface area contributed by atoms with Crippen LogP contribution in [0.5, 0.6) is 0 Å². The second-order valence-electron chi connectivity index (χ2n) is 4.18. The summed E-state index contributed by atoms with van der Waals surface area (Å²) in [7, 11) is 0. The maximum atomic E-state index is 12.6. The Morgan fingerprint density at radius 2 is 1.90 bits per heavy atom. The number of rotatable bonds is 4. The molecule has 3 N–H and O–H groups in total. The standard InChI is InChI=1S/C12H13F3N4O/c13-12(14,15)7-19(5-6-20)10-8-3-1-2-4-9(8)17-11(16)18-10/h1-4,20H,5-7H2,(H2,16,17,18). The van der Waals surface area contributed by atoms with Crippen molar-refractivity contribution in [2.24, 2.45) is 0 Å². The molecule has 1 aromatic carbocycles. The predicted molar refractivity (Wildman–Crippen MR) is 69.3 cm³/mol. The van der Waals surface area contributed by atoms with Gasteiger partial charge in [0.2, 0.25) is 5.95 Å². The van der Waals surface area contributed by atoms with Crippen molar-refractivity contribution in [3.05, 3.63) is 24.3 Å². The Bertz CT molecular complexity index is 603. The van der Waals surface area contributed by atoms with Crippen molar-refractivity contribution in [1.29, 1.82) is 0 Å². The first-order valence-electron chi connectivity index (χ1n) is 5.85. The van der Waals surface area contributed by atoms with Gasteiger partial charge in [-0.3, -0.25) is 0 Å². The van der Waals surface area contributed by atoms with Gasteiger partial charge in [0, 0.05) is 11.9 Å². The van der Waals surface area contributed by atoms with Crippen molar-refractivity contribution in [1.82, 2.24) is 9.97 Å². The molecular formula is C12H13F3N4O. The highest BCUT2D eigenvalue weighted by atomic mass is 19.4. The van der Waals surface area contributed by atoms with Crippen molar-refractivity contribution in [3.8, 4) is 0 Å².